The fraction of sp³-hybridized carbons (Fsp3) is 0.542. The number of nitrogens with two attached hydrogens (primary N) is 1. The number of hydrogen-bond donors (Lipinski definition) is 6. The Morgan fingerprint density at radius 2 is 1.69 bits per heavy atom. The van der Waals surface area contributed by atoms with Crippen molar-refractivity contribution in [3.05, 3.63) is 35.9 Å². The molecule has 11 heteroatoms. The summed E-state index contributed by atoms with van der Waals surface area (Å²) < 4.78 is 0. The number of amides is 4. The first-order valence-electron chi connectivity index (χ1n) is 11.8. The summed E-state index contributed by atoms with van der Waals surface area (Å²) in [5, 5.41) is 20.2. The number of carboxylic acid groups (broad SMARTS) is 1. The van der Waals surface area contributed by atoms with E-state index in [0.717, 1.165) is 12.0 Å². The summed E-state index contributed by atoms with van der Waals surface area (Å²) in [5.74, 6) is -3.98. The third-order valence-corrected chi connectivity index (χ3v) is 5.84. The molecule has 4 atom stereocenters. The van der Waals surface area contributed by atoms with Crippen molar-refractivity contribution in [2.75, 3.05) is 6.54 Å². The van der Waals surface area contributed by atoms with E-state index < -0.39 is 53.8 Å². The largest absolute Gasteiger partial charge is 0.480 e. The molecule has 0 aromatic heterocycles. The molecule has 192 valence electrons. The smallest absolute Gasteiger partial charge is 0.326 e. The molecule has 4 unspecified atom stereocenters. The van der Waals surface area contributed by atoms with E-state index in [4.69, 9.17) is 5.73 Å². The topological polar surface area (TPSA) is 180 Å². The van der Waals surface area contributed by atoms with Gasteiger partial charge in [0.15, 0.2) is 0 Å². The monoisotopic (exact) mass is 489 g/mol. The maximum Gasteiger partial charge on any atom is 0.326 e. The van der Waals surface area contributed by atoms with Gasteiger partial charge in [0, 0.05) is 12.8 Å². The Hall–Kier alpha value is -3.47. The first-order valence-corrected chi connectivity index (χ1v) is 11.8. The molecule has 1 aromatic carbocycles. The second-order valence-corrected chi connectivity index (χ2v) is 9.03. The Balaban J connectivity index is 2.20. The van der Waals surface area contributed by atoms with Crippen molar-refractivity contribution >= 4 is 29.6 Å². The summed E-state index contributed by atoms with van der Waals surface area (Å²) in [6.07, 6.45) is 1.37. The van der Waals surface area contributed by atoms with Crippen LogP contribution in [-0.2, 0) is 30.4 Å². The van der Waals surface area contributed by atoms with Crippen LogP contribution in [-0.4, -0.2) is 65.4 Å². The molecule has 1 heterocycles. The van der Waals surface area contributed by atoms with Gasteiger partial charge in [-0.05, 0) is 37.3 Å². The van der Waals surface area contributed by atoms with E-state index in [1.54, 1.807) is 13.8 Å². The zero-order chi connectivity index (χ0) is 26.0. The Bertz CT molecular complexity index is 901. The maximum atomic E-state index is 13.3. The van der Waals surface area contributed by atoms with Gasteiger partial charge in [-0.3, -0.25) is 19.2 Å². The summed E-state index contributed by atoms with van der Waals surface area (Å²) in [7, 11) is 0. The molecule has 0 aliphatic carbocycles. The lowest BCUT2D eigenvalue weighted by molar-refractivity contribution is -0.143. The van der Waals surface area contributed by atoms with Crippen molar-refractivity contribution in [3.63, 3.8) is 0 Å². The molecule has 0 radical (unpaired) electrons. The van der Waals surface area contributed by atoms with E-state index in [1.165, 1.54) is 0 Å². The average molecular weight is 490 g/mol. The minimum Gasteiger partial charge on any atom is -0.480 e. The van der Waals surface area contributed by atoms with E-state index >= 15 is 0 Å². The summed E-state index contributed by atoms with van der Waals surface area (Å²) >= 11 is 0. The number of aliphatic carboxylic acids is 1. The molecular weight excluding hydrogens is 454 g/mol. The van der Waals surface area contributed by atoms with Gasteiger partial charge in [0.05, 0.1) is 6.04 Å². The quantitative estimate of drug-likeness (QED) is 0.215. The molecule has 11 nitrogen and oxygen atoms in total. The second kappa shape index (κ2) is 13.4. The van der Waals surface area contributed by atoms with E-state index in [9.17, 15) is 29.1 Å². The van der Waals surface area contributed by atoms with Crippen LogP contribution in [0, 0.1) is 5.92 Å². The van der Waals surface area contributed by atoms with E-state index in [2.05, 4.69) is 21.3 Å². The van der Waals surface area contributed by atoms with Crippen molar-refractivity contribution < 1.29 is 29.1 Å². The fourth-order valence-corrected chi connectivity index (χ4v) is 3.83. The summed E-state index contributed by atoms with van der Waals surface area (Å²) in [6, 6.07) is 5.30. The van der Waals surface area contributed by atoms with Crippen LogP contribution in [0.3, 0.4) is 0 Å². The van der Waals surface area contributed by atoms with Crippen LogP contribution in [0.2, 0.25) is 0 Å². The van der Waals surface area contributed by atoms with Gasteiger partial charge in [-0.1, -0.05) is 44.2 Å². The number of primary amides is 1. The Kier molecular flexibility index (Phi) is 10.7. The van der Waals surface area contributed by atoms with Crippen LogP contribution < -0.4 is 27.0 Å². The molecule has 0 saturated carbocycles. The van der Waals surface area contributed by atoms with Crippen LogP contribution in [0.1, 0.15) is 45.1 Å². The highest BCUT2D eigenvalue weighted by Crippen LogP contribution is 2.10. The van der Waals surface area contributed by atoms with Crippen LogP contribution >= 0.6 is 0 Å². The Labute approximate surface area is 204 Å². The lowest BCUT2D eigenvalue weighted by Crippen LogP contribution is -2.58. The highest BCUT2D eigenvalue weighted by atomic mass is 16.4. The first kappa shape index (κ1) is 27.8. The van der Waals surface area contributed by atoms with Crippen molar-refractivity contribution in [2.45, 2.75) is 70.1 Å². The van der Waals surface area contributed by atoms with Gasteiger partial charge >= 0.3 is 5.97 Å². The van der Waals surface area contributed by atoms with Gasteiger partial charge in [0.1, 0.15) is 18.1 Å². The Morgan fingerprint density at radius 1 is 1.03 bits per heavy atom. The van der Waals surface area contributed by atoms with Crippen LogP contribution in [0.25, 0.3) is 0 Å². The standard InChI is InChI=1S/C24H35N5O6/c1-14(2)20(24(34)35)29-22(32)17(10-11-19(25)30)27-23(33)18(13-15-7-4-3-5-8-15)28-21(31)16-9-6-12-26-16/h3-5,7-8,14,16-18,20,26H,6,9-13H2,1-2H3,(H2,25,30)(H,27,33)(H,28,31)(H,29,32)(H,34,35). The molecule has 2 rings (SSSR count). The third kappa shape index (κ3) is 9.01. The van der Waals surface area contributed by atoms with Crippen LogP contribution in [0.15, 0.2) is 30.3 Å². The summed E-state index contributed by atoms with van der Waals surface area (Å²) in [6.45, 7) is 3.99. The predicted molar refractivity (Wildman–Crippen MR) is 128 cm³/mol. The molecule has 7 N–H and O–H groups in total. The number of rotatable bonds is 13. The van der Waals surface area contributed by atoms with Crippen LogP contribution in [0.4, 0.5) is 0 Å². The highest BCUT2D eigenvalue weighted by Gasteiger charge is 2.32. The normalized spacial score (nSPS) is 17.7. The van der Waals surface area contributed by atoms with Gasteiger partial charge in [-0.2, -0.15) is 0 Å². The van der Waals surface area contributed by atoms with Crippen molar-refractivity contribution in [2.24, 2.45) is 11.7 Å². The Morgan fingerprint density at radius 3 is 2.23 bits per heavy atom. The third-order valence-electron chi connectivity index (χ3n) is 5.84. The summed E-state index contributed by atoms with van der Waals surface area (Å²) in [4.78, 5) is 61.7. The molecule has 1 aliphatic rings. The number of benzene rings is 1. The molecule has 4 amide bonds. The predicted octanol–water partition coefficient (Wildman–Crippen LogP) is -0.558. The lowest BCUT2D eigenvalue weighted by atomic mass is 10.0. The molecule has 0 bridgehead atoms. The molecule has 35 heavy (non-hydrogen) atoms. The first-order chi connectivity index (χ1) is 16.6. The molecule has 0 spiro atoms. The van der Waals surface area contributed by atoms with Gasteiger partial charge in [-0.25, -0.2) is 4.79 Å². The number of carbonyl (C=O) groups is 5. The highest BCUT2D eigenvalue weighted by molar-refractivity contribution is 5.94. The molecular formula is C24H35N5O6. The van der Waals surface area contributed by atoms with Gasteiger partial charge in [0.25, 0.3) is 0 Å². The fourth-order valence-electron chi connectivity index (χ4n) is 3.83. The molecule has 1 fully saturated rings. The number of hydrogen-bond acceptors (Lipinski definition) is 6. The van der Waals surface area contributed by atoms with Gasteiger partial charge in [0.2, 0.25) is 23.6 Å². The zero-order valence-electron chi connectivity index (χ0n) is 20.1. The minimum absolute atomic E-state index is 0.118. The second-order valence-electron chi connectivity index (χ2n) is 9.03. The van der Waals surface area contributed by atoms with Crippen molar-refractivity contribution in [1.82, 2.24) is 21.3 Å². The number of nitrogens with one attached hydrogen (secondary N) is 4. The zero-order valence-corrected chi connectivity index (χ0v) is 20.1. The van der Waals surface area contributed by atoms with Crippen molar-refractivity contribution in [1.29, 1.82) is 0 Å². The maximum absolute atomic E-state index is 13.3. The molecule has 1 aliphatic heterocycles. The van der Waals surface area contributed by atoms with Gasteiger partial charge < -0.3 is 32.1 Å². The molecule has 1 saturated heterocycles. The van der Waals surface area contributed by atoms with Crippen LogP contribution in [0.5, 0.6) is 0 Å². The van der Waals surface area contributed by atoms with Gasteiger partial charge in [-0.15, -0.1) is 0 Å². The average Bonchev–Trinajstić information content (AvgIpc) is 3.34. The SMILES string of the molecule is CC(C)C(NC(=O)C(CCC(N)=O)NC(=O)C(Cc1ccccc1)NC(=O)C1CCCN1)C(=O)O. The number of carbonyl (C=O) groups excluding carboxylic acids is 4. The van der Waals surface area contributed by atoms with E-state index in [-0.39, 0.29) is 25.2 Å². The van der Waals surface area contributed by atoms with Crippen molar-refractivity contribution in [3.8, 4) is 0 Å². The van der Waals surface area contributed by atoms with E-state index in [0.29, 0.717) is 13.0 Å². The molecule has 1 aromatic rings. The summed E-state index contributed by atoms with van der Waals surface area (Å²) in [5.41, 5.74) is 6.03. The number of carboxylic acids is 1. The minimum atomic E-state index is -1.22. The lowest BCUT2D eigenvalue weighted by Gasteiger charge is -2.26. The van der Waals surface area contributed by atoms with E-state index in [1.807, 2.05) is 30.3 Å².